The van der Waals surface area contributed by atoms with Gasteiger partial charge in [0.25, 0.3) is 0 Å². The van der Waals surface area contributed by atoms with Crippen LogP contribution >= 0.6 is 12.4 Å². The van der Waals surface area contributed by atoms with Crippen LogP contribution in [0.5, 0.6) is 0 Å². The summed E-state index contributed by atoms with van der Waals surface area (Å²) in [6.45, 7) is 0. The van der Waals surface area contributed by atoms with Gasteiger partial charge in [0.2, 0.25) is 0 Å². The zero-order valence-electron chi connectivity index (χ0n) is 6.96. The van der Waals surface area contributed by atoms with Gasteiger partial charge in [-0.05, 0) is 24.7 Å². The summed E-state index contributed by atoms with van der Waals surface area (Å²) < 4.78 is 0. The van der Waals surface area contributed by atoms with E-state index < -0.39 is 0 Å². The topological polar surface area (TPSA) is 26.0 Å². The van der Waals surface area contributed by atoms with Crippen LogP contribution in [0.4, 0.5) is 0 Å². The molecule has 0 saturated heterocycles. The molecule has 2 aliphatic carbocycles. The molecule has 2 N–H and O–H groups in total. The molecule has 0 aromatic rings. The highest BCUT2D eigenvalue weighted by Gasteiger charge is 2.33. The van der Waals surface area contributed by atoms with E-state index in [1.54, 1.807) is 0 Å². The first-order valence-electron chi connectivity index (χ1n) is 4.62. The molecule has 0 atom stereocenters. The fourth-order valence-corrected chi connectivity index (χ4v) is 2.52. The van der Waals surface area contributed by atoms with Crippen LogP contribution in [0.15, 0.2) is 0 Å². The van der Waals surface area contributed by atoms with Crippen LogP contribution in [0.1, 0.15) is 38.5 Å². The average molecular weight is 176 g/mol. The lowest BCUT2D eigenvalue weighted by Gasteiger charge is -2.36. The van der Waals surface area contributed by atoms with E-state index in [-0.39, 0.29) is 12.4 Å². The first-order valence-corrected chi connectivity index (χ1v) is 4.62. The van der Waals surface area contributed by atoms with Gasteiger partial charge in [0.15, 0.2) is 0 Å². The standard InChI is InChI=1S/C9H17N.ClH/c10-9-5-8(6-9)7-3-1-2-4-7;/h7-9H,1-6,10H2;1H. The molecule has 0 aliphatic heterocycles. The first-order chi connectivity index (χ1) is 4.86. The van der Waals surface area contributed by atoms with Gasteiger partial charge in [0.05, 0.1) is 0 Å². The number of halogens is 1. The summed E-state index contributed by atoms with van der Waals surface area (Å²) in [5.74, 6) is 2.09. The van der Waals surface area contributed by atoms with Crippen molar-refractivity contribution in [2.24, 2.45) is 17.6 Å². The molecule has 2 rings (SSSR count). The Bertz CT molecular complexity index is 115. The van der Waals surface area contributed by atoms with Crippen molar-refractivity contribution in [3.63, 3.8) is 0 Å². The molecule has 1 nitrogen and oxygen atoms in total. The van der Waals surface area contributed by atoms with E-state index in [4.69, 9.17) is 5.73 Å². The molecule has 2 fully saturated rings. The zero-order valence-corrected chi connectivity index (χ0v) is 7.78. The van der Waals surface area contributed by atoms with Gasteiger partial charge < -0.3 is 5.73 Å². The van der Waals surface area contributed by atoms with E-state index in [1.165, 1.54) is 38.5 Å². The highest BCUT2D eigenvalue weighted by molar-refractivity contribution is 5.85. The summed E-state index contributed by atoms with van der Waals surface area (Å²) in [7, 11) is 0. The lowest BCUT2D eigenvalue weighted by atomic mass is 9.72. The Balaban J connectivity index is 0.000000605. The molecule has 0 radical (unpaired) electrons. The lowest BCUT2D eigenvalue weighted by molar-refractivity contribution is 0.178. The molecular weight excluding hydrogens is 158 g/mol. The predicted molar refractivity (Wildman–Crippen MR) is 49.9 cm³/mol. The maximum atomic E-state index is 5.74. The Hall–Kier alpha value is 0.250. The summed E-state index contributed by atoms with van der Waals surface area (Å²) in [6, 6.07) is 0.561. The van der Waals surface area contributed by atoms with Crippen molar-refractivity contribution < 1.29 is 0 Å². The SMILES string of the molecule is Cl.NC1CC(C2CCCC2)C1. The number of hydrogen-bond donors (Lipinski definition) is 1. The third-order valence-corrected chi connectivity index (χ3v) is 3.28. The Labute approximate surface area is 75.1 Å². The van der Waals surface area contributed by atoms with Gasteiger partial charge in [-0.1, -0.05) is 25.7 Å². The third kappa shape index (κ3) is 1.88. The minimum atomic E-state index is 0. The van der Waals surface area contributed by atoms with E-state index in [1.807, 2.05) is 0 Å². The molecule has 0 bridgehead atoms. The van der Waals surface area contributed by atoms with Crippen LogP contribution < -0.4 is 5.73 Å². The fraction of sp³-hybridized carbons (Fsp3) is 1.00. The van der Waals surface area contributed by atoms with E-state index in [9.17, 15) is 0 Å². The van der Waals surface area contributed by atoms with E-state index in [0.29, 0.717) is 6.04 Å². The largest absolute Gasteiger partial charge is 0.328 e. The summed E-state index contributed by atoms with van der Waals surface area (Å²) in [4.78, 5) is 0. The second kappa shape index (κ2) is 3.77. The van der Waals surface area contributed by atoms with Gasteiger partial charge in [-0.3, -0.25) is 0 Å². The van der Waals surface area contributed by atoms with Gasteiger partial charge in [-0.2, -0.15) is 0 Å². The zero-order chi connectivity index (χ0) is 6.97. The molecule has 0 unspecified atom stereocenters. The van der Waals surface area contributed by atoms with Crippen LogP contribution in [0.2, 0.25) is 0 Å². The normalized spacial score (nSPS) is 37.9. The Kier molecular flexibility index (Phi) is 3.20. The van der Waals surface area contributed by atoms with E-state index in [0.717, 1.165) is 11.8 Å². The number of nitrogens with two attached hydrogens (primary N) is 1. The average Bonchev–Trinajstić information content (AvgIpc) is 2.31. The maximum absolute atomic E-state index is 5.74. The Morgan fingerprint density at radius 1 is 0.909 bits per heavy atom. The van der Waals surface area contributed by atoms with E-state index in [2.05, 4.69) is 0 Å². The van der Waals surface area contributed by atoms with Crippen LogP contribution in [0.3, 0.4) is 0 Å². The van der Waals surface area contributed by atoms with Gasteiger partial charge >= 0.3 is 0 Å². The van der Waals surface area contributed by atoms with Gasteiger partial charge in [0, 0.05) is 6.04 Å². The summed E-state index contributed by atoms with van der Waals surface area (Å²) >= 11 is 0. The van der Waals surface area contributed by atoms with E-state index >= 15 is 0 Å². The van der Waals surface area contributed by atoms with Crippen molar-refractivity contribution in [1.82, 2.24) is 0 Å². The molecule has 0 spiro atoms. The van der Waals surface area contributed by atoms with Gasteiger partial charge in [0.1, 0.15) is 0 Å². The molecule has 0 heterocycles. The van der Waals surface area contributed by atoms with Gasteiger partial charge in [-0.25, -0.2) is 0 Å². The first kappa shape index (κ1) is 9.34. The molecule has 11 heavy (non-hydrogen) atoms. The van der Waals surface area contributed by atoms with Crippen molar-refractivity contribution in [3.8, 4) is 0 Å². The molecule has 0 amide bonds. The number of hydrogen-bond acceptors (Lipinski definition) is 1. The highest BCUT2D eigenvalue weighted by Crippen LogP contribution is 2.41. The Morgan fingerprint density at radius 2 is 1.45 bits per heavy atom. The second-order valence-corrected chi connectivity index (χ2v) is 4.04. The molecule has 0 aromatic carbocycles. The summed E-state index contributed by atoms with van der Waals surface area (Å²) in [5, 5.41) is 0. The highest BCUT2D eigenvalue weighted by atomic mass is 35.5. The second-order valence-electron chi connectivity index (χ2n) is 4.04. The smallest absolute Gasteiger partial charge is 0.00443 e. The maximum Gasteiger partial charge on any atom is 0.00443 e. The lowest BCUT2D eigenvalue weighted by Crippen LogP contribution is -2.39. The summed E-state index contributed by atoms with van der Waals surface area (Å²) in [6.07, 6.45) is 8.61. The Morgan fingerprint density at radius 3 is 1.91 bits per heavy atom. The van der Waals surface area contributed by atoms with Crippen molar-refractivity contribution in [2.45, 2.75) is 44.6 Å². The summed E-state index contributed by atoms with van der Waals surface area (Å²) in [5.41, 5.74) is 5.74. The van der Waals surface area contributed by atoms with Crippen molar-refractivity contribution >= 4 is 12.4 Å². The monoisotopic (exact) mass is 175 g/mol. The molecule has 2 saturated carbocycles. The van der Waals surface area contributed by atoms with Crippen molar-refractivity contribution in [1.29, 1.82) is 0 Å². The van der Waals surface area contributed by atoms with Crippen molar-refractivity contribution in [3.05, 3.63) is 0 Å². The molecular formula is C9H18ClN. The molecule has 2 heteroatoms. The van der Waals surface area contributed by atoms with Crippen LogP contribution in [0.25, 0.3) is 0 Å². The van der Waals surface area contributed by atoms with Crippen molar-refractivity contribution in [2.75, 3.05) is 0 Å². The minimum Gasteiger partial charge on any atom is -0.328 e. The molecule has 66 valence electrons. The minimum absolute atomic E-state index is 0. The third-order valence-electron chi connectivity index (χ3n) is 3.28. The van der Waals surface area contributed by atoms with Crippen LogP contribution in [-0.2, 0) is 0 Å². The van der Waals surface area contributed by atoms with Crippen LogP contribution in [-0.4, -0.2) is 6.04 Å². The fourth-order valence-electron chi connectivity index (χ4n) is 2.52. The quantitative estimate of drug-likeness (QED) is 0.651. The van der Waals surface area contributed by atoms with Crippen LogP contribution in [0, 0.1) is 11.8 Å². The predicted octanol–water partition coefficient (Wildman–Crippen LogP) is 2.34. The van der Waals surface area contributed by atoms with Gasteiger partial charge in [-0.15, -0.1) is 12.4 Å². The molecule has 2 aliphatic rings. The number of rotatable bonds is 1. The molecule has 0 aromatic heterocycles.